The van der Waals surface area contributed by atoms with Gasteiger partial charge in [-0.3, -0.25) is 0 Å². The molecule has 60 valence electrons. The first-order chi connectivity index (χ1) is 4.66. The van der Waals surface area contributed by atoms with E-state index in [1.165, 1.54) is 0 Å². The molecule has 0 spiro atoms. The Kier molecular flexibility index (Phi) is 4.88. The third kappa shape index (κ3) is 5.53. The molecular weight excluding hydrogens is 136 g/mol. The lowest BCUT2D eigenvalue weighted by Gasteiger charge is -2.08. The van der Waals surface area contributed by atoms with Crippen molar-refractivity contribution in [3.05, 3.63) is 0 Å². The van der Waals surface area contributed by atoms with Gasteiger partial charge in [0.25, 0.3) is 0 Å². The van der Waals surface area contributed by atoms with E-state index in [0.717, 1.165) is 0 Å². The van der Waals surface area contributed by atoms with Crippen LogP contribution in [0.3, 0.4) is 0 Å². The summed E-state index contributed by atoms with van der Waals surface area (Å²) in [6.07, 6.45) is 0.300. The van der Waals surface area contributed by atoms with Gasteiger partial charge in [0.1, 0.15) is 6.61 Å². The first kappa shape index (κ1) is 9.39. The summed E-state index contributed by atoms with van der Waals surface area (Å²) >= 11 is 0. The van der Waals surface area contributed by atoms with Crippen LogP contribution in [0, 0.1) is 0 Å². The normalized spacial score (nSPS) is 13.0. The summed E-state index contributed by atoms with van der Waals surface area (Å²) in [6.45, 7) is 1.46. The lowest BCUT2D eigenvalue weighted by molar-refractivity contribution is -0.144. The van der Waals surface area contributed by atoms with Crippen LogP contribution in [0.25, 0.3) is 0 Å². The van der Waals surface area contributed by atoms with Crippen LogP contribution in [-0.2, 0) is 9.53 Å². The second kappa shape index (κ2) is 5.20. The molecule has 0 aliphatic carbocycles. The Labute approximate surface area is 59.4 Å². The summed E-state index contributed by atoms with van der Waals surface area (Å²) in [6, 6.07) is 0. The molecule has 0 aromatic carbocycles. The molecule has 0 saturated heterocycles. The SMILES string of the molecule is CC(CCO)OCC(=O)O. The van der Waals surface area contributed by atoms with Gasteiger partial charge < -0.3 is 14.9 Å². The molecule has 0 rings (SSSR count). The van der Waals surface area contributed by atoms with Crippen LogP contribution in [0.4, 0.5) is 0 Å². The molecule has 0 fully saturated rings. The molecule has 0 radical (unpaired) electrons. The lowest BCUT2D eigenvalue weighted by Crippen LogP contribution is -2.16. The van der Waals surface area contributed by atoms with Crippen molar-refractivity contribution in [3.63, 3.8) is 0 Å². The van der Waals surface area contributed by atoms with Gasteiger partial charge in [-0.15, -0.1) is 0 Å². The standard InChI is InChI=1S/C6H12O4/c1-5(2-3-7)10-4-6(8)9/h5,7H,2-4H2,1H3,(H,8,9). The van der Waals surface area contributed by atoms with Gasteiger partial charge in [0, 0.05) is 6.61 Å². The van der Waals surface area contributed by atoms with Gasteiger partial charge in [0.15, 0.2) is 0 Å². The zero-order valence-electron chi connectivity index (χ0n) is 5.91. The van der Waals surface area contributed by atoms with Crippen molar-refractivity contribution in [3.8, 4) is 0 Å². The van der Waals surface area contributed by atoms with Gasteiger partial charge in [-0.25, -0.2) is 4.79 Å². The first-order valence-corrected chi connectivity index (χ1v) is 3.11. The van der Waals surface area contributed by atoms with Gasteiger partial charge in [0.2, 0.25) is 0 Å². The predicted molar refractivity (Wildman–Crippen MR) is 34.8 cm³/mol. The van der Waals surface area contributed by atoms with Crippen molar-refractivity contribution in [2.75, 3.05) is 13.2 Å². The Morgan fingerprint density at radius 1 is 1.70 bits per heavy atom. The summed E-state index contributed by atoms with van der Waals surface area (Å²) in [4.78, 5) is 9.92. The van der Waals surface area contributed by atoms with E-state index in [-0.39, 0.29) is 19.3 Å². The Morgan fingerprint density at radius 3 is 2.70 bits per heavy atom. The second-order valence-corrected chi connectivity index (χ2v) is 2.03. The van der Waals surface area contributed by atoms with E-state index in [1.807, 2.05) is 0 Å². The van der Waals surface area contributed by atoms with Crippen LogP contribution in [0.2, 0.25) is 0 Å². The summed E-state index contributed by atoms with van der Waals surface area (Å²) in [5.74, 6) is -0.982. The third-order valence-electron chi connectivity index (χ3n) is 1.03. The molecule has 4 nitrogen and oxygen atoms in total. The molecule has 4 heteroatoms. The van der Waals surface area contributed by atoms with Gasteiger partial charge in [0.05, 0.1) is 6.10 Å². The molecule has 0 bridgehead atoms. The maximum absolute atomic E-state index is 9.92. The monoisotopic (exact) mass is 148 g/mol. The van der Waals surface area contributed by atoms with E-state index in [2.05, 4.69) is 0 Å². The lowest BCUT2D eigenvalue weighted by atomic mass is 10.3. The number of aliphatic hydroxyl groups is 1. The minimum absolute atomic E-state index is 0.0286. The van der Waals surface area contributed by atoms with E-state index in [1.54, 1.807) is 6.92 Å². The molecule has 1 atom stereocenters. The summed E-state index contributed by atoms with van der Waals surface area (Å²) in [7, 11) is 0. The number of rotatable bonds is 5. The van der Waals surface area contributed by atoms with Crippen LogP contribution < -0.4 is 0 Å². The van der Waals surface area contributed by atoms with Crippen molar-refractivity contribution in [2.45, 2.75) is 19.4 Å². The Hall–Kier alpha value is -0.610. The number of carboxylic acid groups (broad SMARTS) is 1. The number of aliphatic carboxylic acids is 1. The van der Waals surface area contributed by atoms with Crippen molar-refractivity contribution >= 4 is 5.97 Å². The summed E-state index contributed by atoms with van der Waals surface area (Å²) in [5.41, 5.74) is 0. The summed E-state index contributed by atoms with van der Waals surface area (Å²) in [5, 5.41) is 16.5. The fraction of sp³-hybridized carbons (Fsp3) is 0.833. The van der Waals surface area contributed by atoms with Crippen molar-refractivity contribution in [1.82, 2.24) is 0 Å². The number of hydrogen-bond donors (Lipinski definition) is 2. The van der Waals surface area contributed by atoms with E-state index >= 15 is 0 Å². The van der Waals surface area contributed by atoms with Crippen LogP contribution in [0.15, 0.2) is 0 Å². The van der Waals surface area contributed by atoms with Gasteiger partial charge in [-0.05, 0) is 13.3 Å². The molecule has 0 aliphatic rings. The molecular formula is C6H12O4. The van der Waals surface area contributed by atoms with Crippen molar-refractivity contribution < 1.29 is 19.7 Å². The van der Waals surface area contributed by atoms with Gasteiger partial charge >= 0.3 is 5.97 Å². The second-order valence-electron chi connectivity index (χ2n) is 2.03. The highest BCUT2D eigenvalue weighted by atomic mass is 16.5. The number of carboxylic acids is 1. The third-order valence-corrected chi connectivity index (χ3v) is 1.03. The Morgan fingerprint density at radius 2 is 2.30 bits per heavy atom. The van der Waals surface area contributed by atoms with Crippen molar-refractivity contribution in [1.29, 1.82) is 0 Å². The average molecular weight is 148 g/mol. The van der Waals surface area contributed by atoms with E-state index in [9.17, 15) is 4.79 Å². The van der Waals surface area contributed by atoms with E-state index in [0.29, 0.717) is 6.42 Å². The number of hydrogen-bond acceptors (Lipinski definition) is 3. The molecule has 1 unspecified atom stereocenters. The van der Waals surface area contributed by atoms with Crippen molar-refractivity contribution in [2.24, 2.45) is 0 Å². The highest BCUT2D eigenvalue weighted by Gasteiger charge is 2.03. The molecule has 2 N–H and O–H groups in total. The highest BCUT2D eigenvalue weighted by molar-refractivity contribution is 5.68. The fourth-order valence-corrected chi connectivity index (χ4v) is 0.479. The minimum Gasteiger partial charge on any atom is -0.480 e. The zero-order chi connectivity index (χ0) is 7.98. The maximum Gasteiger partial charge on any atom is 0.329 e. The molecule has 0 aromatic rings. The number of carbonyl (C=O) groups is 1. The van der Waals surface area contributed by atoms with Gasteiger partial charge in [-0.1, -0.05) is 0 Å². The largest absolute Gasteiger partial charge is 0.480 e. The summed E-state index contributed by atoms with van der Waals surface area (Å²) < 4.78 is 4.78. The minimum atomic E-state index is -0.982. The zero-order valence-corrected chi connectivity index (χ0v) is 5.91. The van der Waals surface area contributed by atoms with Crippen LogP contribution in [0.5, 0.6) is 0 Å². The molecule has 0 heterocycles. The molecule has 10 heavy (non-hydrogen) atoms. The molecule has 0 aromatic heterocycles. The topological polar surface area (TPSA) is 66.8 Å². The maximum atomic E-state index is 9.92. The van der Waals surface area contributed by atoms with E-state index in [4.69, 9.17) is 14.9 Å². The smallest absolute Gasteiger partial charge is 0.329 e. The average Bonchev–Trinajstić information content (AvgIpc) is 1.85. The number of ether oxygens (including phenoxy) is 1. The van der Waals surface area contributed by atoms with E-state index < -0.39 is 5.97 Å². The Balaban J connectivity index is 3.21. The molecule has 0 saturated carbocycles. The molecule has 0 aliphatic heterocycles. The predicted octanol–water partition coefficient (Wildman–Crippen LogP) is -0.142. The first-order valence-electron chi connectivity index (χ1n) is 3.11. The van der Waals surface area contributed by atoms with Gasteiger partial charge in [-0.2, -0.15) is 0 Å². The number of aliphatic hydroxyl groups excluding tert-OH is 1. The quantitative estimate of drug-likeness (QED) is 0.569. The highest BCUT2D eigenvalue weighted by Crippen LogP contribution is 1.94. The van der Waals surface area contributed by atoms with Crippen LogP contribution in [-0.4, -0.2) is 35.5 Å². The molecule has 0 amide bonds. The Bertz CT molecular complexity index is 102. The van der Waals surface area contributed by atoms with Crippen LogP contribution >= 0.6 is 0 Å². The van der Waals surface area contributed by atoms with Crippen LogP contribution in [0.1, 0.15) is 13.3 Å². The fourth-order valence-electron chi connectivity index (χ4n) is 0.479.